The number of aromatic nitrogens is 2. The number of oxazole rings is 1. The summed E-state index contributed by atoms with van der Waals surface area (Å²) < 4.78 is 12.1. The van der Waals surface area contributed by atoms with Crippen molar-refractivity contribution < 1.29 is 13.9 Å². The zero-order chi connectivity index (χ0) is 24.5. The van der Waals surface area contributed by atoms with E-state index in [0.717, 1.165) is 27.6 Å². The van der Waals surface area contributed by atoms with Crippen LogP contribution in [0.1, 0.15) is 15.9 Å². The SMILES string of the molecule is COc1c(C(=O)NC(=S)Nc2cccc(-c3nc4ncccc4o3)c2C)cc2ccccc2c1Br. The number of hydrogen-bond acceptors (Lipinski definition) is 6. The van der Waals surface area contributed by atoms with Crippen LogP contribution in [0.3, 0.4) is 0 Å². The molecule has 1 amide bonds. The third-order valence-corrected chi connectivity index (χ3v) is 6.59. The smallest absolute Gasteiger partial charge is 0.261 e. The van der Waals surface area contributed by atoms with E-state index in [-0.39, 0.29) is 11.0 Å². The van der Waals surface area contributed by atoms with Gasteiger partial charge in [0.2, 0.25) is 5.89 Å². The van der Waals surface area contributed by atoms with Gasteiger partial charge in [0.25, 0.3) is 5.91 Å². The Morgan fingerprint density at radius 2 is 1.94 bits per heavy atom. The Hall–Kier alpha value is -3.82. The normalized spacial score (nSPS) is 10.9. The van der Waals surface area contributed by atoms with E-state index in [2.05, 4.69) is 36.5 Å². The summed E-state index contributed by atoms with van der Waals surface area (Å²) in [7, 11) is 1.53. The molecule has 35 heavy (non-hydrogen) atoms. The third-order valence-electron chi connectivity index (χ3n) is 5.59. The molecule has 0 saturated carbocycles. The summed E-state index contributed by atoms with van der Waals surface area (Å²) in [4.78, 5) is 21.8. The number of benzene rings is 3. The standard InChI is InChI=1S/C26H19BrN4O3S/c1-14-16(25-30-23-20(34-25)11-6-12-28-23)9-5-10-19(14)29-26(35)31-24(32)18-13-15-7-3-4-8-17(15)21(27)22(18)33-2/h3-13H,1-2H3,(H2,29,31,32,35). The van der Waals surface area contributed by atoms with Crippen LogP contribution >= 0.6 is 28.1 Å². The topological polar surface area (TPSA) is 89.3 Å². The molecule has 9 heteroatoms. The number of thiocarbonyl (C=S) groups is 1. The number of nitrogens with zero attached hydrogens (tertiary/aromatic N) is 2. The Balaban J connectivity index is 1.39. The maximum absolute atomic E-state index is 13.1. The highest BCUT2D eigenvalue weighted by Crippen LogP contribution is 2.36. The summed E-state index contributed by atoms with van der Waals surface area (Å²) in [6, 6.07) is 18.8. The van der Waals surface area contributed by atoms with Crippen molar-refractivity contribution in [1.29, 1.82) is 0 Å². The van der Waals surface area contributed by atoms with Gasteiger partial charge in [-0.1, -0.05) is 30.3 Å². The molecule has 5 aromatic rings. The van der Waals surface area contributed by atoms with Gasteiger partial charge in [-0.3, -0.25) is 10.1 Å². The average Bonchev–Trinajstić information content (AvgIpc) is 3.29. The van der Waals surface area contributed by atoms with Crippen LogP contribution < -0.4 is 15.4 Å². The van der Waals surface area contributed by atoms with Gasteiger partial charge in [0.05, 0.1) is 17.1 Å². The van der Waals surface area contributed by atoms with Crippen LogP contribution in [0, 0.1) is 6.92 Å². The fraction of sp³-hybridized carbons (Fsp3) is 0.0769. The van der Waals surface area contributed by atoms with Gasteiger partial charge in [0.1, 0.15) is 5.75 Å². The predicted molar refractivity (Wildman–Crippen MR) is 144 cm³/mol. The zero-order valence-electron chi connectivity index (χ0n) is 18.8. The molecule has 2 N–H and O–H groups in total. The van der Waals surface area contributed by atoms with E-state index in [1.807, 2.05) is 55.5 Å². The third kappa shape index (κ3) is 4.36. The monoisotopic (exact) mass is 546 g/mol. The molecule has 0 bridgehead atoms. The minimum atomic E-state index is -0.385. The van der Waals surface area contributed by atoms with Crippen LogP contribution in [-0.4, -0.2) is 28.1 Å². The first-order valence-electron chi connectivity index (χ1n) is 10.7. The number of methoxy groups -OCH3 is 1. The molecule has 3 aromatic carbocycles. The number of nitrogens with one attached hydrogen (secondary N) is 2. The van der Waals surface area contributed by atoms with Crippen LogP contribution in [0.4, 0.5) is 5.69 Å². The van der Waals surface area contributed by atoms with Gasteiger partial charge >= 0.3 is 0 Å². The Bertz CT molecular complexity index is 1580. The fourth-order valence-corrected chi connectivity index (χ4v) is 4.80. The Labute approximate surface area is 214 Å². The Morgan fingerprint density at radius 1 is 1.11 bits per heavy atom. The Morgan fingerprint density at radius 3 is 2.74 bits per heavy atom. The lowest BCUT2D eigenvalue weighted by Crippen LogP contribution is -2.34. The number of halogens is 1. The van der Waals surface area contributed by atoms with E-state index in [1.54, 1.807) is 18.3 Å². The van der Waals surface area contributed by atoms with E-state index in [0.29, 0.717) is 32.9 Å². The maximum atomic E-state index is 13.1. The lowest BCUT2D eigenvalue weighted by molar-refractivity contribution is 0.0975. The molecule has 174 valence electrons. The number of amides is 1. The summed E-state index contributed by atoms with van der Waals surface area (Å²) in [5, 5.41) is 7.86. The quantitative estimate of drug-likeness (QED) is 0.257. The van der Waals surface area contributed by atoms with Crippen molar-refractivity contribution in [3.05, 3.63) is 82.5 Å². The van der Waals surface area contributed by atoms with E-state index in [1.165, 1.54) is 7.11 Å². The minimum Gasteiger partial charge on any atom is -0.495 e. The fourth-order valence-electron chi connectivity index (χ4n) is 3.86. The average molecular weight is 547 g/mol. The number of carbonyl (C=O) groups excluding carboxylic acids is 1. The Kier molecular flexibility index (Phi) is 6.19. The van der Waals surface area contributed by atoms with Crippen molar-refractivity contribution in [2.45, 2.75) is 6.92 Å². The number of hydrogen-bond donors (Lipinski definition) is 2. The molecule has 0 radical (unpaired) electrons. The van der Waals surface area contributed by atoms with Gasteiger partial charge in [-0.25, -0.2) is 4.98 Å². The van der Waals surface area contributed by atoms with E-state index < -0.39 is 0 Å². The summed E-state index contributed by atoms with van der Waals surface area (Å²) in [5.41, 5.74) is 3.89. The second-order valence-corrected chi connectivity index (χ2v) is 8.92. The van der Waals surface area contributed by atoms with Crippen molar-refractivity contribution in [2.75, 3.05) is 12.4 Å². The van der Waals surface area contributed by atoms with Crippen molar-refractivity contribution >= 4 is 66.9 Å². The zero-order valence-corrected chi connectivity index (χ0v) is 21.2. The van der Waals surface area contributed by atoms with Gasteiger partial charge in [0.15, 0.2) is 16.3 Å². The van der Waals surface area contributed by atoms with Crippen LogP contribution in [0.25, 0.3) is 33.5 Å². The van der Waals surface area contributed by atoms with Crippen molar-refractivity contribution in [3.63, 3.8) is 0 Å². The highest BCUT2D eigenvalue weighted by molar-refractivity contribution is 9.10. The molecule has 0 unspecified atom stereocenters. The molecule has 2 aromatic heterocycles. The number of rotatable bonds is 4. The molecular weight excluding hydrogens is 528 g/mol. The van der Waals surface area contributed by atoms with Crippen LogP contribution in [0.2, 0.25) is 0 Å². The van der Waals surface area contributed by atoms with Gasteiger partial charge in [-0.2, -0.15) is 4.98 Å². The molecular formula is C26H19BrN4O3S. The largest absolute Gasteiger partial charge is 0.495 e. The molecule has 0 atom stereocenters. The summed E-state index contributed by atoms with van der Waals surface area (Å²) in [6.45, 7) is 1.92. The van der Waals surface area contributed by atoms with E-state index >= 15 is 0 Å². The van der Waals surface area contributed by atoms with Gasteiger partial charge in [-0.15, -0.1) is 0 Å². The lowest BCUT2D eigenvalue weighted by atomic mass is 10.1. The van der Waals surface area contributed by atoms with Crippen LogP contribution in [-0.2, 0) is 0 Å². The summed E-state index contributed by atoms with van der Waals surface area (Å²) in [6.07, 6.45) is 1.67. The first-order chi connectivity index (χ1) is 17.0. The van der Waals surface area contributed by atoms with Crippen LogP contribution in [0.5, 0.6) is 5.75 Å². The molecule has 0 saturated heterocycles. The molecule has 2 heterocycles. The number of anilines is 1. The molecule has 0 spiro atoms. The molecule has 0 aliphatic carbocycles. The second kappa shape index (κ2) is 9.44. The van der Waals surface area contributed by atoms with Gasteiger partial charge in [0, 0.05) is 17.4 Å². The molecule has 0 fully saturated rings. The molecule has 7 nitrogen and oxygen atoms in total. The van der Waals surface area contributed by atoms with Crippen LogP contribution in [0.15, 0.2) is 75.8 Å². The first-order valence-corrected chi connectivity index (χ1v) is 11.9. The highest BCUT2D eigenvalue weighted by atomic mass is 79.9. The van der Waals surface area contributed by atoms with E-state index in [4.69, 9.17) is 21.4 Å². The predicted octanol–water partition coefficient (Wildman–Crippen LogP) is 6.25. The molecule has 0 aliphatic rings. The molecule has 0 aliphatic heterocycles. The number of fused-ring (bicyclic) bond motifs is 2. The first kappa shape index (κ1) is 22.9. The maximum Gasteiger partial charge on any atom is 0.261 e. The lowest BCUT2D eigenvalue weighted by Gasteiger charge is -2.16. The summed E-state index contributed by atoms with van der Waals surface area (Å²) >= 11 is 9.01. The second-order valence-electron chi connectivity index (χ2n) is 7.72. The number of ether oxygens (including phenoxy) is 1. The number of pyridine rings is 1. The highest BCUT2D eigenvalue weighted by Gasteiger charge is 2.20. The number of carbonyl (C=O) groups is 1. The van der Waals surface area contributed by atoms with Crippen molar-refractivity contribution in [2.24, 2.45) is 0 Å². The molecule has 5 rings (SSSR count). The van der Waals surface area contributed by atoms with Crippen molar-refractivity contribution in [3.8, 4) is 17.2 Å². The summed E-state index contributed by atoms with van der Waals surface area (Å²) in [5.74, 6) is 0.511. The van der Waals surface area contributed by atoms with Gasteiger partial charge < -0.3 is 14.5 Å². The minimum absolute atomic E-state index is 0.154. The van der Waals surface area contributed by atoms with Gasteiger partial charge in [-0.05, 0) is 81.7 Å². The van der Waals surface area contributed by atoms with E-state index in [9.17, 15) is 4.79 Å². The van der Waals surface area contributed by atoms with Crippen molar-refractivity contribution in [1.82, 2.24) is 15.3 Å².